The third-order valence-corrected chi connectivity index (χ3v) is 6.78. The average Bonchev–Trinajstić information content (AvgIpc) is 2.93. The van der Waals surface area contributed by atoms with Gasteiger partial charge in [0.05, 0.1) is 25.0 Å². The molecule has 0 bridgehead atoms. The van der Waals surface area contributed by atoms with Crippen molar-refractivity contribution in [1.82, 2.24) is 0 Å². The first-order chi connectivity index (χ1) is 20.2. The first-order valence-electron chi connectivity index (χ1n) is 15.6. The van der Waals surface area contributed by atoms with E-state index in [1.807, 2.05) is 0 Å². The monoisotopic (exact) mass is 588 g/mol. The van der Waals surface area contributed by atoms with Crippen LogP contribution in [0.1, 0.15) is 118 Å². The van der Waals surface area contributed by atoms with Crippen molar-refractivity contribution in [2.75, 3.05) is 13.2 Å². The molecule has 0 aliphatic carbocycles. The second-order valence-electron chi connectivity index (χ2n) is 10.9. The third-order valence-electron chi connectivity index (χ3n) is 6.78. The van der Waals surface area contributed by atoms with Crippen LogP contribution in [0.4, 0.5) is 0 Å². The molecule has 0 fully saturated rings. The molecule has 0 aromatic heterocycles. The number of carbonyl (C=O) groups excluding carboxylic acids is 4. The van der Waals surface area contributed by atoms with Gasteiger partial charge in [-0.1, -0.05) is 75.7 Å². The van der Waals surface area contributed by atoms with Crippen LogP contribution in [-0.2, 0) is 38.1 Å². The summed E-state index contributed by atoms with van der Waals surface area (Å²) in [6, 6.07) is 0. The fourth-order valence-corrected chi connectivity index (χ4v) is 4.35. The van der Waals surface area contributed by atoms with Gasteiger partial charge in [-0.05, 0) is 51.7 Å². The summed E-state index contributed by atoms with van der Waals surface area (Å²) >= 11 is 0. The lowest BCUT2D eigenvalue weighted by Gasteiger charge is -2.09. The lowest BCUT2D eigenvalue weighted by atomic mass is 10.1. The van der Waals surface area contributed by atoms with Gasteiger partial charge in [0.25, 0.3) is 0 Å². The number of esters is 4. The zero-order valence-corrected chi connectivity index (χ0v) is 26.2. The second kappa shape index (κ2) is 23.4. The predicted molar refractivity (Wildman–Crippen MR) is 163 cm³/mol. The van der Waals surface area contributed by atoms with Gasteiger partial charge in [-0.15, -0.1) is 0 Å². The van der Waals surface area contributed by atoms with E-state index in [0.29, 0.717) is 37.6 Å². The highest BCUT2D eigenvalue weighted by molar-refractivity contribution is 5.74. The highest BCUT2D eigenvalue weighted by Gasteiger charge is 2.12. The lowest BCUT2D eigenvalue weighted by molar-refractivity contribution is -0.147. The van der Waals surface area contributed by atoms with Gasteiger partial charge in [0.1, 0.15) is 11.5 Å². The average molecular weight is 589 g/mol. The number of hydrogen-bond donors (Lipinski definition) is 0. The summed E-state index contributed by atoms with van der Waals surface area (Å²) in [5.74, 6) is -0.857. The Labute approximate surface area is 252 Å². The van der Waals surface area contributed by atoms with E-state index in [4.69, 9.17) is 18.9 Å². The summed E-state index contributed by atoms with van der Waals surface area (Å²) in [6.45, 7) is 7.13. The molecule has 236 valence electrons. The van der Waals surface area contributed by atoms with Crippen LogP contribution in [0.3, 0.4) is 0 Å². The van der Waals surface area contributed by atoms with Crippen LogP contribution >= 0.6 is 0 Å². The SMILES string of the molecule is CC(=O)O/C1=C/C=C\C(C)C(=O)OCCCCCCCC/C(OC(C)=O)=C\C=C/C(C)C(=O)OCCCCCCCC1. The Morgan fingerprint density at radius 2 is 0.929 bits per heavy atom. The standard InChI is InChI=1S/C34H52O8/c1-27-19-17-23-31(41-29(3)35)21-13-9-6-8-12-16-26-40-34(38)28(2)20-18-24-32(42-30(4)36)22-14-10-5-7-11-15-25-39-33(27)37/h17-20,23-24,27-28H,5-16,21-22,25-26H2,1-4H3/b19-17-,20-18-,31-23+,32-24+. The van der Waals surface area contributed by atoms with Gasteiger partial charge >= 0.3 is 23.9 Å². The normalized spacial score (nSPS) is 26.5. The fourth-order valence-electron chi connectivity index (χ4n) is 4.35. The molecule has 2 unspecified atom stereocenters. The predicted octanol–water partition coefficient (Wildman–Crippen LogP) is 7.83. The maximum atomic E-state index is 12.3. The van der Waals surface area contributed by atoms with Crippen molar-refractivity contribution >= 4 is 23.9 Å². The van der Waals surface area contributed by atoms with Crippen LogP contribution in [0.15, 0.2) is 48.0 Å². The molecule has 1 heterocycles. The Kier molecular flexibility index (Phi) is 20.5. The van der Waals surface area contributed by atoms with Crippen molar-refractivity contribution in [3.8, 4) is 0 Å². The van der Waals surface area contributed by atoms with Crippen molar-refractivity contribution in [2.24, 2.45) is 11.8 Å². The molecular weight excluding hydrogens is 536 g/mol. The number of hydrogen-bond acceptors (Lipinski definition) is 8. The molecule has 8 nitrogen and oxygen atoms in total. The summed E-state index contributed by atoms with van der Waals surface area (Å²) in [7, 11) is 0. The molecule has 1 aliphatic heterocycles. The molecule has 0 saturated heterocycles. The molecule has 8 heteroatoms. The number of ether oxygens (including phenoxy) is 4. The molecule has 0 radical (unpaired) electrons. The quantitative estimate of drug-likeness (QED) is 0.237. The number of rotatable bonds is 2. The van der Waals surface area contributed by atoms with Crippen LogP contribution in [-0.4, -0.2) is 37.1 Å². The third kappa shape index (κ3) is 19.8. The summed E-state index contributed by atoms with van der Waals surface area (Å²) in [5, 5.41) is 0. The molecule has 0 aromatic rings. The van der Waals surface area contributed by atoms with Gasteiger partial charge in [-0.3, -0.25) is 19.2 Å². The van der Waals surface area contributed by atoms with Crippen molar-refractivity contribution in [1.29, 1.82) is 0 Å². The molecule has 0 saturated carbocycles. The zero-order chi connectivity index (χ0) is 31.0. The van der Waals surface area contributed by atoms with E-state index >= 15 is 0 Å². The van der Waals surface area contributed by atoms with Gasteiger partial charge in [-0.25, -0.2) is 0 Å². The molecular formula is C34H52O8. The van der Waals surface area contributed by atoms with Gasteiger partial charge in [-0.2, -0.15) is 0 Å². The number of carbonyl (C=O) groups is 4. The zero-order valence-electron chi connectivity index (χ0n) is 26.2. The first-order valence-corrected chi connectivity index (χ1v) is 15.6. The van der Waals surface area contributed by atoms with Crippen LogP contribution < -0.4 is 0 Å². The van der Waals surface area contributed by atoms with E-state index in [1.165, 1.54) is 13.8 Å². The summed E-state index contributed by atoms with van der Waals surface area (Å²) in [4.78, 5) is 47.6. The molecule has 0 amide bonds. The maximum absolute atomic E-state index is 12.3. The van der Waals surface area contributed by atoms with Crippen LogP contribution in [0, 0.1) is 11.8 Å². The Morgan fingerprint density at radius 1 is 0.595 bits per heavy atom. The van der Waals surface area contributed by atoms with E-state index in [1.54, 1.807) is 50.3 Å². The van der Waals surface area contributed by atoms with Crippen molar-refractivity contribution in [3.05, 3.63) is 48.0 Å². The first kappa shape index (κ1) is 36.9. The molecule has 42 heavy (non-hydrogen) atoms. The molecule has 1 aliphatic rings. The summed E-state index contributed by atoms with van der Waals surface area (Å²) in [6.07, 6.45) is 23.3. The minimum absolute atomic E-state index is 0.267. The second-order valence-corrected chi connectivity index (χ2v) is 10.9. The smallest absolute Gasteiger partial charge is 0.312 e. The molecule has 0 aromatic carbocycles. The van der Waals surface area contributed by atoms with Gasteiger partial charge in [0, 0.05) is 26.7 Å². The van der Waals surface area contributed by atoms with Gasteiger partial charge in [0.15, 0.2) is 0 Å². The highest BCUT2D eigenvalue weighted by atomic mass is 16.5. The van der Waals surface area contributed by atoms with Gasteiger partial charge < -0.3 is 18.9 Å². The van der Waals surface area contributed by atoms with E-state index in [2.05, 4.69) is 0 Å². The van der Waals surface area contributed by atoms with Crippen LogP contribution in [0.25, 0.3) is 0 Å². The molecule has 0 N–H and O–H groups in total. The minimum atomic E-state index is -0.392. The Bertz CT molecular complexity index is 867. The number of allylic oxidation sites excluding steroid dienone is 6. The maximum Gasteiger partial charge on any atom is 0.312 e. The Hall–Kier alpha value is -3.16. The highest BCUT2D eigenvalue weighted by Crippen LogP contribution is 2.16. The molecule has 2 atom stereocenters. The number of cyclic esters (lactones) is 2. The summed E-state index contributed by atoms with van der Waals surface area (Å²) < 4.78 is 21.5. The minimum Gasteiger partial charge on any atom is -0.465 e. The Morgan fingerprint density at radius 3 is 1.29 bits per heavy atom. The van der Waals surface area contributed by atoms with Gasteiger partial charge in [0.2, 0.25) is 0 Å². The van der Waals surface area contributed by atoms with E-state index in [-0.39, 0.29) is 23.9 Å². The topological polar surface area (TPSA) is 105 Å². The molecule has 1 rings (SSSR count). The van der Waals surface area contributed by atoms with Crippen LogP contribution in [0.5, 0.6) is 0 Å². The molecule has 0 spiro atoms. The van der Waals surface area contributed by atoms with Crippen molar-refractivity contribution < 1.29 is 38.1 Å². The largest absolute Gasteiger partial charge is 0.465 e. The van der Waals surface area contributed by atoms with Crippen molar-refractivity contribution in [3.63, 3.8) is 0 Å². The van der Waals surface area contributed by atoms with E-state index in [9.17, 15) is 19.2 Å². The fraction of sp³-hybridized carbons (Fsp3) is 0.647. The lowest BCUT2D eigenvalue weighted by Crippen LogP contribution is -2.13. The van der Waals surface area contributed by atoms with Crippen molar-refractivity contribution in [2.45, 2.75) is 118 Å². The van der Waals surface area contributed by atoms with Crippen LogP contribution in [0.2, 0.25) is 0 Å². The van der Waals surface area contributed by atoms with E-state index < -0.39 is 11.8 Å². The Balaban J connectivity index is 2.71. The van der Waals surface area contributed by atoms with E-state index in [0.717, 1.165) is 77.0 Å². The summed E-state index contributed by atoms with van der Waals surface area (Å²) in [5.41, 5.74) is 0.